The van der Waals surface area contributed by atoms with Gasteiger partial charge < -0.3 is 18.9 Å². The quantitative estimate of drug-likeness (QED) is 0.616. The van der Waals surface area contributed by atoms with Crippen LogP contribution in [0.3, 0.4) is 0 Å². The van der Waals surface area contributed by atoms with Crippen LogP contribution < -0.4 is 18.9 Å². The molecule has 0 unspecified atom stereocenters. The van der Waals surface area contributed by atoms with E-state index in [0.29, 0.717) is 41.8 Å². The van der Waals surface area contributed by atoms with Crippen LogP contribution in [0.2, 0.25) is 0 Å². The SMILES string of the molecule is COc1cccc(OC)c1/C=C1\CC(C)C/C(=C\c2c(OC)cccc2OC)C1=O. The molecule has 30 heavy (non-hydrogen) atoms. The highest BCUT2D eigenvalue weighted by atomic mass is 16.5. The average Bonchev–Trinajstić information content (AvgIpc) is 2.76. The molecule has 0 saturated heterocycles. The number of carbonyl (C=O) groups is 1. The predicted octanol–water partition coefficient (Wildman–Crippen LogP) is 5.19. The van der Waals surface area contributed by atoms with Crippen molar-refractivity contribution in [3.05, 3.63) is 58.7 Å². The lowest BCUT2D eigenvalue weighted by atomic mass is 9.80. The molecule has 5 heteroatoms. The van der Waals surface area contributed by atoms with E-state index in [1.165, 1.54) is 0 Å². The number of ether oxygens (including phenoxy) is 4. The molecule has 1 aliphatic carbocycles. The lowest BCUT2D eigenvalue weighted by molar-refractivity contribution is -0.113. The first-order chi connectivity index (χ1) is 14.5. The van der Waals surface area contributed by atoms with Gasteiger partial charge in [-0.15, -0.1) is 0 Å². The van der Waals surface area contributed by atoms with Gasteiger partial charge in [-0.05, 0) is 55.2 Å². The maximum atomic E-state index is 13.4. The highest BCUT2D eigenvalue weighted by Gasteiger charge is 2.27. The number of ketones is 1. The maximum absolute atomic E-state index is 13.4. The Labute approximate surface area is 177 Å². The molecule has 1 aliphatic rings. The minimum atomic E-state index is 0.0222. The van der Waals surface area contributed by atoms with E-state index in [9.17, 15) is 4.79 Å². The van der Waals surface area contributed by atoms with Crippen molar-refractivity contribution in [2.24, 2.45) is 5.92 Å². The Balaban J connectivity index is 2.08. The third kappa shape index (κ3) is 4.35. The second-order valence-corrected chi connectivity index (χ2v) is 7.33. The third-order valence-corrected chi connectivity index (χ3v) is 5.29. The van der Waals surface area contributed by atoms with Gasteiger partial charge in [0.05, 0.1) is 39.6 Å². The van der Waals surface area contributed by atoms with E-state index in [0.717, 1.165) is 22.3 Å². The predicted molar refractivity (Wildman–Crippen MR) is 118 cm³/mol. The smallest absolute Gasteiger partial charge is 0.185 e. The summed E-state index contributed by atoms with van der Waals surface area (Å²) in [6, 6.07) is 11.2. The first-order valence-corrected chi connectivity index (χ1v) is 9.90. The molecular formula is C25H28O5. The number of carbonyl (C=O) groups excluding carboxylic acids is 1. The Bertz CT molecular complexity index is 865. The molecule has 0 aliphatic heterocycles. The second-order valence-electron chi connectivity index (χ2n) is 7.33. The fourth-order valence-corrected chi connectivity index (χ4v) is 3.86. The number of Topliss-reactive ketones (excluding diaryl/α,β-unsaturated/α-hetero) is 1. The molecule has 158 valence electrons. The highest BCUT2D eigenvalue weighted by Crippen LogP contribution is 2.38. The molecule has 0 atom stereocenters. The van der Waals surface area contributed by atoms with Crippen LogP contribution in [0, 0.1) is 5.92 Å². The fraction of sp³-hybridized carbons (Fsp3) is 0.320. The van der Waals surface area contributed by atoms with Gasteiger partial charge in [-0.1, -0.05) is 19.1 Å². The number of methoxy groups -OCH3 is 4. The zero-order valence-electron chi connectivity index (χ0n) is 18.2. The van der Waals surface area contributed by atoms with Crippen LogP contribution in [0.5, 0.6) is 23.0 Å². The summed E-state index contributed by atoms with van der Waals surface area (Å²) in [4.78, 5) is 13.4. The van der Waals surface area contributed by atoms with Crippen molar-refractivity contribution < 1.29 is 23.7 Å². The Morgan fingerprint density at radius 2 is 1.03 bits per heavy atom. The number of hydrogen-bond donors (Lipinski definition) is 0. The lowest BCUT2D eigenvalue weighted by Gasteiger charge is -2.23. The number of benzene rings is 2. The van der Waals surface area contributed by atoms with Gasteiger partial charge in [-0.25, -0.2) is 0 Å². The monoisotopic (exact) mass is 408 g/mol. The molecule has 0 spiro atoms. The minimum absolute atomic E-state index is 0.0222. The molecule has 0 amide bonds. The van der Waals surface area contributed by atoms with Gasteiger partial charge in [-0.2, -0.15) is 0 Å². The van der Waals surface area contributed by atoms with E-state index in [1.807, 2.05) is 48.6 Å². The summed E-state index contributed by atoms with van der Waals surface area (Å²) >= 11 is 0. The fourth-order valence-electron chi connectivity index (χ4n) is 3.86. The maximum Gasteiger partial charge on any atom is 0.185 e. The molecule has 0 N–H and O–H groups in total. The van der Waals surface area contributed by atoms with E-state index >= 15 is 0 Å². The number of hydrogen-bond acceptors (Lipinski definition) is 5. The van der Waals surface area contributed by atoms with E-state index in [1.54, 1.807) is 28.4 Å². The molecular weight excluding hydrogens is 380 g/mol. The molecule has 3 rings (SSSR count). The largest absolute Gasteiger partial charge is 0.496 e. The summed E-state index contributed by atoms with van der Waals surface area (Å²) < 4.78 is 22.0. The molecule has 0 radical (unpaired) electrons. The molecule has 2 aromatic carbocycles. The van der Waals surface area contributed by atoms with Crippen molar-refractivity contribution in [1.29, 1.82) is 0 Å². The van der Waals surface area contributed by atoms with E-state index < -0.39 is 0 Å². The molecule has 0 aromatic heterocycles. The van der Waals surface area contributed by atoms with Crippen LogP contribution in [-0.4, -0.2) is 34.2 Å². The summed E-state index contributed by atoms with van der Waals surface area (Å²) in [6.07, 6.45) is 5.17. The Morgan fingerprint density at radius 1 is 0.700 bits per heavy atom. The van der Waals surface area contributed by atoms with Gasteiger partial charge in [-0.3, -0.25) is 4.79 Å². The molecule has 1 fully saturated rings. The van der Waals surface area contributed by atoms with Crippen molar-refractivity contribution in [3.63, 3.8) is 0 Å². The van der Waals surface area contributed by atoms with Gasteiger partial charge >= 0.3 is 0 Å². The zero-order valence-corrected chi connectivity index (χ0v) is 18.2. The summed E-state index contributed by atoms with van der Waals surface area (Å²) in [5.74, 6) is 3.03. The first-order valence-electron chi connectivity index (χ1n) is 9.90. The summed E-state index contributed by atoms with van der Waals surface area (Å²) in [7, 11) is 6.45. The molecule has 2 aromatic rings. The number of rotatable bonds is 6. The topological polar surface area (TPSA) is 54.0 Å². The summed E-state index contributed by atoms with van der Waals surface area (Å²) in [5, 5.41) is 0. The molecule has 0 bridgehead atoms. The van der Waals surface area contributed by atoms with Crippen molar-refractivity contribution in [2.45, 2.75) is 19.8 Å². The van der Waals surface area contributed by atoms with Crippen LogP contribution >= 0.6 is 0 Å². The average molecular weight is 408 g/mol. The Morgan fingerprint density at radius 3 is 1.33 bits per heavy atom. The molecule has 0 heterocycles. The minimum Gasteiger partial charge on any atom is -0.496 e. The highest BCUT2D eigenvalue weighted by molar-refractivity contribution is 6.14. The van der Waals surface area contributed by atoms with Crippen LogP contribution in [0.15, 0.2) is 47.5 Å². The number of allylic oxidation sites excluding steroid dienone is 2. The second kappa shape index (κ2) is 9.53. The van der Waals surface area contributed by atoms with Gasteiger partial charge in [0.1, 0.15) is 23.0 Å². The van der Waals surface area contributed by atoms with Crippen molar-refractivity contribution in [1.82, 2.24) is 0 Å². The van der Waals surface area contributed by atoms with E-state index in [4.69, 9.17) is 18.9 Å². The van der Waals surface area contributed by atoms with Crippen molar-refractivity contribution in [3.8, 4) is 23.0 Å². The van der Waals surface area contributed by atoms with Crippen LogP contribution in [-0.2, 0) is 4.79 Å². The Kier molecular flexibility index (Phi) is 6.83. The van der Waals surface area contributed by atoms with Gasteiger partial charge in [0.25, 0.3) is 0 Å². The third-order valence-electron chi connectivity index (χ3n) is 5.29. The van der Waals surface area contributed by atoms with Gasteiger partial charge in [0, 0.05) is 11.1 Å². The standard InChI is InChI=1S/C25H28O5/c1-16-12-17(14-19-21(27-2)8-6-9-22(19)28-3)25(26)18(13-16)15-20-23(29-4)10-7-11-24(20)30-5/h6-11,14-16H,12-13H2,1-5H3/b17-14+,18-15+. The summed E-state index contributed by atoms with van der Waals surface area (Å²) in [6.45, 7) is 2.15. The normalized spacial score (nSPS) is 19.1. The first kappa shape index (κ1) is 21.5. The zero-order chi connectivity index (χ0) is 21.7. The van der Waals surface area contributed by atoms with Gasteiger partial charge in [0.2, 0.25) is 0 Å². The lowest BCUT2D eigenvalue weighted by Crippen LogP contribution is -2.18. The summed E-state index contributed by atoms with van der Waals surface area (Å²) in [5.41, 5.74) is 3.01. The Hall–Kier alpha value is -3.21. The van der Waals surface area contributed by atoms with E-state index in [-0.39, 0.29) is 5.78 Å². The van der Waals surface area contributed by atoms with Crippen molar-refractivity contribution >= 4 is 17.9 Å². The van der Waals surface area contributed by atoms with Crippen LogP contribution in [0.1, 0.15) is 30.9 Å². The van der Waals surface area contributed by atoms with Crippen LogP contribution in [0.25, 0.3) is 12.2 Å². The van der Waals surface area contributed by atoms with E-state index in [2.05, 4.69) is 6.92 Å². The van der Waals surface area contributed by atoms with Crippen LogP contribution in [0.4, 0.5) is 0 Å². The molecule has 5 nitrogen and oxygen atoms in total. The van der Waals surface area contributed by atoms with Gasteiger partial charge in [0.15, 0.2) is 5.78 Å². The van der Waals surface area contributed by atoms with Crippen molar-refractivity contribution in [2.75, 3.05) is 28.4 Å². The molecule has 1 saturated carbocycles.